The van der Waals surface area contributed by atoms with E-state index in [0.717, 1.165) is 21.6 Å². The maximum atomic E-state index is 12.6. The highest BCUT2D eigenvalue weighted by molar-refractivity contribution is 6.03. The minimum atomic E-state index is -0.443. The van der Waals surface area contributed by atoms with Crippen molar-refractivity contribution in [3.05, 3.63) is 77.0 Å². The molecule has 1 amide bonds. The quantitative estimate of drug-likeness (QED) is 0.591. The number of amides is 1. The van der Waals surface area contributed by atoms with Crippen LogP contribution in [0, 0.1) is 0 Å². The van der Waals surface area contributed by atoms with Gasteiger partial charge in [0.1, 0.15) is 17.1 Å². The normalized spacial score (nSPS) is 10.8. The fourth-order valence-electron chi connectivity index (χ4n) is 2.85. The number of fused-ring (bicyclic) bond motifs is 1. The molecule has 3 heterocycles. The summed E-state index contributed by atoms with van der Waals surface area (Å²) in [5, 5.41) is 6.76. The molecule has 4 rings (SSSR count). The fourth-order valence-corrected chi connectivity index (χ4v) is 2.85. The van der Waals surface area contributed by atoms with Gasteiger partial charge in [-0.2, -0.15) is 5.10 Å². The van der Waals surface area contributed by atoms with Crippen molar-refractivity contribution in [1.82, 2.24) is 19.2 Å². The number of benzene rings is 1. The summed E-state index contributed by atoms with van der Waals surface area (Å²) in [4.78, 5) is 28.6. The second-order valence-corrected chi connectivity index (χ2v) is 6.14. The second kappa shape index (κ2) is 6.99. The van der Waals surface area contributed by atoms with E-state index >= 15 is 0 Å². The first-order valence-corrected chi connectivity index (χ1v) is 8.53. The molecule has 1 aromatic carbocycles. The van der Waals surface area contributed by atoms with E-state index in [0.29, 0.717) is 11.4 Å². The Kier molecular flexibility index (Phi) is 4.36. The maximum Gasteiger partial charge on any atom is 0.276 e. The van der Waals surface area contributed by atoms with Crippen LogP contribution in [0.1, 0.15) is 10.5 Å². The van der Waals surface area contributed by atoms with Gasteiger partial charge in [0.25, 0.3) is 11.5 Å². The third-order valence-electron chi connectivity index (χ3n) is 4.30. The number of imidazole rings is 1. The molecule has 0 aliphatic carbocycles. The van der Waals surface area contributed by atoms with Gasteiger partial charge in [-0.1, -0.05) is 6.07 Å². The first kappa shape index (κ1) is 17.5. The molecule has 4 aromatic rings. The van der Waals surface area contributed by atoms with Crippen molar-refractivity contribution in [3.63, 3.8) is 0 Å². The number of carbonyl (C=O) groups is 1. The number of aryl methyl sites for hydroxylation is 1. The molecule has 8 nitrogen and oxygen atoms in total. The average molecular weight is 375 g/mol. The van der Waals surface area contributed by atoms with E-state index in [1.54, 1.807) is 12.1 Å². The topological polar surface area (TPSA) is 90.5 Å². The highest BCUT2D eigenvalue weighted by Crippen LogP contribution is 2.30. The lowest BCUT2D eigenvalue weighted by atomic mass is 10.1. The third kappa shape index (κ3) is 3.23. The van der Waals surface area contributed by atoms with Gasteiger partial charge >= 0.3 is 0 Å². The van der Waals surface area contributed by atoms with Gasteiger partial charge in [-0.25, -0.2) is 9.67 Å². The molecule has 0 unspecified atom stereocenters. The minimum absolute atomic E-state index is 0.127. The molecule has 3 aromatic heterocycles. The lowest BCUT2D eigenvalue weighted by Gasteiger charge is -2.11. The van der Waals surface area contributed by atoms with E-state index in [1.165, 1.54) is 26.3 Å². The molecule has 140 valence electrons. The zero-order chi connectivity index (χ0) is 19.7. The average Bonchev–Trinajstić information content (AvgIpc) is 3.14. The summed E-state index contributed by atoms with van der Waals surface area (Å²) in [6, 6.07) is 13.9. The Balaban J connectivity index is 1.69. The van der Waals surface area contributed by atoms with E-state index in [2.05, 4.69) is 15.4 Å². The molecule has 0 atom stereocenters. The Morgan fingerprint density at radius 2 is 2.00 bits per heavy atom. The number of aromatic nitrogens is 4. The number of ether oxygens (including phenoxy) is 1. The van der Waals surface area contributed by atoms with Gasteiger partial charge in [0.2, 0.25) is 0 Å². The van der Waals surface area contributed by atoms with Crippen LogP contribution in [0.4, 0.5) is 5.69 Å². The van der Waals surface area contributed by atoms with Crippen LogP contribution < -0.4 is 15.6 Å². The van der Waals surface area contributed by atoms with E-state index < -0.39 is 5.91 Å². The summed E-state index contributed by atoms with van der Waals surface area (Å²) < 4.78 is 8.39. The lowest BCUT2D eigenvalue weighted by molar-refractivity contribution is 0.101. The van der Waals surface area contributed by atoms with Crippen molar-refractivity contribution < 1.29 is 9.53 Å². The van der Waals surface area contributed by atoms with Crippen molar-refractivity contribution >= 4 is 17.2 Å². The molecule has 0 aliphatic heterocycles. The van der Waals surface area contributed by atoms with Crippen molar-refractivity contribution in [3.8, 4) is 17.0 Å². The largest absolute Gasteiger partial charge is 0.495 e. The molecule has 0 saturated carbocycles. The molecule has 0 aliphatic rings. The standard InChI is InChI=1S/C20H17N5O3/c1-24-19(26)9-7-14(23-24)20(27)22-15-11-13(6-8-17(15)28-2)16-12-25-10-4-3-5-18(25)21-16/h3-12H,1-2H3,(H,22,27). The monoisotopic (exact) mass is 375 g/mol. The summed E-state index contributed by atoms with van der Waals surface area (Å²) in [6.45, 7) is 0. The zero-order valence-corrected chi connectivity index (χ0v) is 15.3. The lowest BCUT2D eigenvalue weighted by Crippen LogP contribution is -2.23. The van der Waals surface area contributed by atoms with Crippen molar-refractivity contribution in [2.75, 3.05) is 12.4 Å². The number of carbonyl (C=O) groups excluding carboxylic acids is 1. The number of pyridine rings is 1. The molecule has 0 fully saturated rings. The number of rotatable bonds is 4. The number of hydrogen-bond donors (Lipinski definition) is 1. The fraction of sp³-hybridized carbons (Fsp3) is 0.100. The van der Waals surface area contributed by atoms with Crippen LogP contribution in [0.15, 0.2) is 65.7 Å². The van der Waals surface area contributed by atoms with Crippen LogP contribution in [0.5, 0.6) is 5.75 Å². The molecule has 0 spiro atoms. The molecule has 0 bridgehead atoms. The van der Waals surface area contributed by atoms with E-state index in [-0.39, 0.29) is 11.3 Å². The first-order chi connectivity index (χ1) is 13.5. The van der Waals surface area contributed by atoms with Gasteiger partial charge < -0.3 is 14.5 Å². The highest BCUT2D eigenvalue weighted by Gasteiger charge is 2.14. The molecule has 1 N–H and O–H groups in total. The number of nitrogens with one attached hydrogen (secondary N) is 1. The maximum absolute atomic E-state index is 12.6. The van der Waals surface area contributed by atoms with E-state index in [4.69, 9.17) is 4.74 Å². The second-order valence-electron chi connectivity index (χ2n) is 6.14. The minimum Gasteiger partial charge on any atom is -0.495 e. The van der Waals surface area contributed by atoms with Gasteiger partial charge in [-0.05, 0) is 36.4 Å². The van der Waals surface area contributed by atoms with Gasteiger partial charge in [0.15, 0.2) is 0 Å². The molecule has 0 radical (unpaired) electrons. The van der Waals surface area contributed by atoms with Crippen molar-refractivity contribution in [1.29, 1.82) is 0 Å². The van der Waals surface area contributed by atoms with Gasteiger partial charge in [-0.3, -0.25) is 9.59 Å². The Morgan fingerprint density at radius 3 is 2.75 bits per heavy atom. The molecule has 0 saturated heterocycles. The number of methoxy groups -OCH3 is 1. The van der Waals surface area contributed by atoms with Crippen molar-refractivity contribution in [2.45, 2.75) is 0 Å². The number of anilines is 1. The summed E-state index contributed by atoms with van der Waals surface area (Å²) in [5.74, 6) is 0.0618. The van der Waals surface area contributed by atoms with E-state index in [1.807, 2.05) is 41.1 Å². The molecular weight excluding hydrogens is 358 g/mol. The number of nitrogens with zero attached hydrogens (tertiary/aromatic N) is 4. The Hall–Kier alpha value is -3.94. The Labute approximate surface area is 160 Å². The van der Waals surface area contributed by atoms with Crippen molar-refractivity contribution in [2.24, 2.45) is 7.05 Å². The number of hydrogen-bond acceptors (Lipinski definition) is 5. The Bertz CT molecular complexity index is 1210. The van der Waals surface area contributed by atoms with Crippen LogP contribution in [0.25, 0.3) is 16.9 Å². The smallest absolute Gasteiger partial charge is 0.276 e. The summed E-state index contributed by atoms with van der Waals surface area (Å²) in [7, 11) is 3.02. The van der Waals surface area contributed by atoms with Crippen LogP contribution in [-0.4, -0.2) is 32.2 Å². The molecular formula is C20H17N5O3. The Morgan fingerprint density at radius 1 is 1.14 bits per heavy atom. The summed E-state index contributed by atoms with van der Waals surface area (Å²) in [5.41, 5.74) is 2.74. The van der Waals surface area contributed by atoms with Crippen LogP contribution in [0.3, 0.4) is 0 Å². The summed E-state index contributed by atoms with van der Waals surface area (Å²) in [6.07, 6.45) is 3.83. The first-order valence-electron chi connectivity index (χ1n) is 8.53. The van der Waals surface area contributed by atoms with E-state index in [9.17, 15) is 9.59 Å². The molecule has 8 heteroatoms. The predicted octanol–water partition coefficient (Wildman–Crippen LogP) is 2.36. The SMILES string of the molecule is COc1ccc(-c2cn3ccccc3n2)cc1NC(=O)c1ccc(=O)n(C)n1. The van der Waals surface area contributed by atoms with Crippen LogP contribution in [0.2, 0.25) is 0 Å². The molecule has 28 heavy (non-hydrogen) atoms. The predicted molar refractivity (Wildman–Crippen MR) is 105 cm³/mol. The van der Waals surface area contributed by atoms with Gasteiger partial charge in [0.05, 0.1) is 18.5 Å². The van der Waals surface area contributed by atoms with Gasteiger partial charge in [0, 0.05) is 31.1 Å². The van der Waals surface area contributed by atoms with Crippen LogP contribution in [-0.2, 0) is 7.05 Å². The van der Waals surface area contributed by atoms with Crippen LogP contribution >= 0.6 is 0 Å². The van der Waals surface area contributed by atoms with Gasteiger partial charge in [-0.15, -0.1) is 0 Å². The summed E-state index contributed by atoms with van der Waals surface area (Å²) >= 11 is 0. The third-order valence-corrected chi connectivity index (χ3v) is 4.30. The highest BCUT2D eigenvalue weighted by atomic mass is 16.5. The zero-order valence-electron chi connectivity index (χ0n) is 15.3.